The van der Waals surface area contributed by atoms with Gasteiger partial charge in [0.25, 0.3) is 0 Å². The normalized spacial score (nSPS) is 11.0. The van der Waals surface area contributed by atoms with Crippen molar-refractivity contribution >= 4 is 51.6 Å². The maximum Gasteiger partial charge on any atom is 0.353 e. The maximum absolute atomic E-state index is 11.3. The van der Waals surface area contributed by atoms with Gasteiger partial charge in [-0.05, 0) is 18.2 Å². The molecule has 0 bridgehead atoms. The minimum atomic E-state index is -0.994. The maximum atomic E-state index is 11.3. The number of nitrogens with one attached hydrogen (secondary N) is 1. The smallest absolute Gasteiger partial charge is 0.353 e. The highest BCUT2D eigenvalue weighted by Gasteiger charge is 2.19. The molecule has 0 aliphatic heterocycles. The molecule has 3 aromatic rings. The number of fused-ring (bicyclic) bond motifs is 1. The van der Waals surface area contributed by atoms with Crippen molar-refractivity contribution in [1.82, 2.24) is 9.97 Å². The highest BCUT2D eigenvalue weighted by Crippen LogP contribution is 2.38. The van der Waals surface area contributed by atoms with E-state index in [-0.39, 0.29) is 5.69 Å². The van der Waals surface area contributed by atoms with Gasteiger partial charge in [0.15, 0.2) is 4.34 Å². The van der Waals surface area contributed by atoms with Crippen LogP contribution >= 0.6 is 34.7 Å². The molecule has 1 aromatic carbocycles. The third-order valence-electron chi connectivity index (χ3n) is 2.53. The van der Waals surface area contributed by atoms with Crippen molar-refractivity contribution in [3.8, 4) is 0 Å². The lowest BCUT2D eigenvalue weighted by atomic mass is 10.2. The van der Waals surface area contributed by atoms with Crippen molar-refractivity contribution < 1.29 is 9.90 Å². The van der Waals surface area contributed by atoms with Gasteiger partial charge in [-0.15, -0.1) is 11.3 Å². The number of carboxylic acid groups (broad SMARTS) is 1. The van der Waals surface area contributed by atoms with E-state index >= 15 is 0 Å². The number of rotatable bonds is 3. The van der Waals surface area contributed by atoms with Crippen molar-refractivity contribution in [2.45, 2.75) is 9.24 Å². The van der Waals surface area contributed by atoms with Crippen LogP contribution in [0.3, 0.4) is 0 Å². The lowest BCUT2D eigenvalue weighted by Gasteiger charge is -1.98. The van der Waals surface area contributed by atoms with Crippen LogP contribution in [-0.4, -0.2) is 21.0 Å². The molecule has 7 heteroatoms. The molecule has 0 spiro atoms. The summed E-state index contributed by atoms with van der Waals surface area (Å²) in [4.78, 5) is 19.0. The Morgan fingerprint density at radius 2 is 2.32 bits per heavy atom. The fraction of sp³-hybridized carbons (Fsp3) is 0. The second-order valence-electron chi connectivity index (χ2n) is 3.72. The predicted octanol–water partition coefficient (Wildman–Crippen LogP) is 4.13. The Hall–Kier alpha value is -1.50. The number of aromatic amines is 1. The van der Waals surface area contributed by atoms with Gasteiger partial charge < -0.3 is 10.1 Å². The van der Waals surface area contributed by atoms with Crippen LogP contribution in [0.5, 0.6) is 0 Å². The number of carboxylic acids is 1. The molecule has 2 heterocycles. The third-order valence-corrected chi connectivity index (χ3v) is 4.77. The first kappa shape index (κ1) is 12.5. The molecule has 0 saturated carbocycles. The largest absolute Gasteiger partial charge is 0.477 e. The van der Waals surface area contributed by atoms with Gasteiger partial charge in [0, 0.05) is 27.5 Å². The van der Waals surface area contributed by atoms with Gasteiger partial charge in [-0.1, -0.05) is 23.4 Å². The highest BCUT2D eigenvalue weighted by atomic mass is 35.5. The minimum absolute atomic E-state index is 0.164. The Balaban J connectivity index is 2.20. The Bertz CT molecular complexity index is 753. The number of halogens is 1. The molecular formula is C12H7ClN2O2S2. The van der Waals surface area contributed by atoms with Crippen molar-refractivity contribution in [2.75, 3.05) is 0 Å². The quantitative estimate of drug-likeness (QED) is 0.763. The first-order valence-corrected chi connectivity index (χ1v) is 7.34. The molecule has 4 nitrogen and oxygen atoms in total. The van der Waals surface area contributed by atoms with Gasteiger partial charge in [0.05, 0.1) is 4.90 Å². The van der Waals surface area contributed by atoms with E-state index in [1.54, 1.807) is 24.4 Å². The standard InChI is InChI=1S/C12H7ClN2O2S2/c13-6-1-2-8-7(5-6)10(9(15-8)11(16)17)19-12-14-3-4-18-12/h1-5,15H,(H,16,17). The number of nitrogens with zero attached hydrogens (tertiary/aromatic N) is 1. The zero-order valence-electron chi connectivity index (χ0n) is 9.38. The van der Waals surface area contributed by atoms with E-state index in [2.05, 4.69) is 9.97 Å². The average Bonchev–Trinajstić information content (AvgIpc) is 2.98. The van der Waals surface area contributed by atoms with Gasteiger partial charge in [0.2, 0.25) is 0 Å². The van der Waals surface area contributed by atoms with Crippen LogP contribution in [0, 0.1) is 0 Å². The van der Waals surface area contributed by atoms with E-state index in [0.29, 0.717) is 9.92 Å². The van der Waals surface area contributed by atoms with Crippen LogP contribution in [0.2, 0.25) is 5.02 Å². The Kier molecular flexibility index (Phi) is 3.22. The molecule has 2 aromatic heterocycles. The zero-order valence-corrected chi connectivity index (χ0v) is 11.8. The second-order valence-corrected chi connectivity index (χ2v) is 6.31. The van der Waals surface area contributed by atoms with E-state index < -0.39 is 5.97 Å². The Morgan fingerprint density at radius 1 is 1.47 bits per heavy atom. The van der Waals surface area contributed by atoms with Crippen molar-refractivity contribution in [2.24, 2.45) is 0 Å². The fourth-order valence-corrected chi connectivity index (χ4v) is 3.69. The van der Waals surface area contributed by atoms with Gasteiger partial charge in [0.1, 0.15) is 5.69 Å². The summed E-state index contributed by atoms with van der Waals surface area (Å²) in [6.45, 7) is 0. The fourth-order valence-electron chi connectivity index (χ4n) is 1.74. The lowest BCUT2D eigenvalue weighted by Crippen LogP contribution is -1.97. The molecule has 0 atom stereocenters. The number of benzene rings is 1. The Labute approximate surface area is 121 Å². The number of hydrogen-bond acceptors (Lipinski definition) is 4. The molecule has 19 heavy (non-hydrogen) atoms. The summed E-state index contributed by atoms with van der Waals surface area (Å²) in [5.41, 5.74) is 0.915. The molecule has 0 saturated heterocycles. The predicted molar refractivity (Wildman–Crippen MR) is 76.5 cm³/mol. The summed E-state index contributed by atoms with van der Waals surface area (Å²) in [5.74, 6) is -0.994. The first-order chi connectivity index (χ1) is 9.15. The van der Waals surface area contributed by atoms with Gasteiger partial charge in [-0.2, -0.15) is 0 Å². The minimum Gasteiger partial charge on any atom is -0.477 e. The number of H-pyrrole nitrogens is 1. The highest BCUT2D eigenvalue weighted by molar-refractivity contribution is 8.01. The molecule has 0 amide bonds. The van der Waals surface area contributed by atoms with Gasteiger partial charge >= 0.3 is 5.97 Å². The van der Waals surface area contributed by atoms with Crippen LogP contribution in [0.25, 0.3) is 10.9 Å². The van der Waals surface area contributed by atoms with Crippen molar-refractivity contribution in [1.29, 1.82) is 0 Å². The first-order valence-electron chi connectivity index (χ1n) is 5.27. The van der Waals surface area contributed by atoms with Crippen LogP contribution < -0.4 is 0 Å². The number of aromatic nitrogens is 2. The second kappa shape index (κ2) is 4.88. The Morgan fingerprint density at radius 3 is 3.00 bits per heavy atom. The molecule has 0 unspecified atom stereocenters. The van der Waals surface area contributed by atoms with Crippen LogP contribution in [0.4, 0.5) is 0 Å². The summed E-state index contributed by atoms with van der Waals surface area (Å²) >= 11 is 8.77. The average molecular weight is 311 g/mol. The molecular weight excluding hydrogens is 304 g/mol. The molecule has 2 N–H and O–H groups in total. The van der Waals surface area contributed by atoms with Crippen molar-refractivity contribution in [3.63, 3.8) is 0 Å². The van der Waals surface area contributed by atoms with Gasteiger partial charge in [-0.3, -0.25) is 0 Å². The number of thiazole rings is 1. The van der Waals surface area contributed by atoms with E-state index in [0.717, 1.165) is 15.2 Å². The summed E-state index contributed by atoms with van der Waals surface area (Å²) in [5, 5.41) is 12.5. The number of hydrogen-bond donors (Lipinski definition) is 2. The number of carbonyl (C=O) groups is 1. The molecule has 3 rings (SSSR count). The number of aromatic carboxylic acids is 1. The summed E-state index contributed by atoms with van der Waals surface area (Å²) in [6.07, 6.45) is 1.69. The van der Waals surface area contributed by atoms with Gasteiger partial charge in [-0.25, -0.2) is 9.78 Å². The summed E-state index contributed by atoms with van der Waals surface area (Å²) in [7, 11) is 0. The van der Waals surface area contributed by atoms with Crippen LogP contribution in [0.1, 0.15) is 10.5 Å². The van der Waals surface area contributed by atoms with Crippen LogP contribution in [-0.2, 0) is 0 Å². The van der Waals surface area contributed by atoms with E-state index in [1.165, 1.54) is 23.1 Å². The molecule has 96 valence electrons. The summed E-state index contributed by atoms with van der Waals surface area (Å²) < 4.78 is 0.795. The zero-order chi connectivity index (χ0) is 13.4. The van der Waals surface area contributed by atoms with E-state index in [4.69, 9.17) is 11.6 Å². The summed E-state index contributed by atoms with van der Waals surface area (Å²) in [6, 6.07) is 5.26. The molecule has 0 fully saturated rings. The topological polar surface area (TPSA) is 66.0 Å². The monoisotopic (exact) mass is 310 g/mol. The lowest BCUT2D eigenvalue weighted by molar-refractivity contribution is 0.0688. The molecule has 0 aliphatic rings. The van der Waals surface area contributed by atoms with E-state index in [1.807, 2.05) is 5.38 Å². The van der Waals surface area contributed by atoms with Crippen molar-refractivity contribution in [3.05, 3.63) is 40.5 Å². The SMILES string of the molecule is O=C(O)c1[nH]c2ccc(Cl)cc2c1Sc1nccs1. The third kappa shape index (κ3) is 2.34. The van der Waals surface area contributed by atoms with E-state index in [9.17, 15) is 9.90 Å². The van der Waals surface area contributed by atoms with Crippen LogP contribution in [0.15, 0.2) is 39.0 Å². The molecule has 0 aliphatic carbocycles. The molecule has 0 radical (unpaired) electrons.